The molecule has 0 bridgehead atoms. The highest BCUT2D eigenvalue weighted by molar-refractivity contribution is 7.99. The third kappa shape index (κ3) is 3.47. The number of rotatable bonds is 4. The average molecular weight is 423 g/mol. The van der Waals surface area contributed by atoms with Crippen molar-refractivity contribution < 1.29 is 14.3 Å². The van der Waals surface area contributed by atoms with E-state index in [1.807, 2.05) is 22.8 Å². The molecule has 1 aliphatic heterocycles. The minimum absolute atomic E-state index is 0.0543. The van der Waals surface area contributed by atoms with Crippen molar-refractivity contribution in [2.45, 2.75) is 31.7 Å². The van der Waals surface area contributed by atoms with Gasteiger partial charge in [-0.25, -0.2) is 9.78 Å². The zero-order valence-electron chi connectivity index (χ0n) is 16.9. The Kier molecular flexibility index (Phi) is 5.34. The molecule has 0 saturated heterocycles. The number of hydrogen-bond donors (Lipinski definition) is 1. The van der Waals surface area contributed by atoms with Crippen LogP contribution in [0, 0.1) is 0 Å². The van der Waals surface area contributed by atoms with E-state index in [1.165, 1.54) is 6.92 Å². The van der Waals surface area contributed by atoms with Gasteiger partial charge < -0.3 is 14.6 Å². The predicted octanol–water partition coefficient (Wildman–Crippen LogP) is 3.87. The van der Waals surface area contributed by atoms with Gasteiger partial charge in [-0.2, -0.15) is 0 Å². The predicted molar refractivity (Wildman–Crippen MR) is 117 cm³/mol. The first-order chi connectivity index (χ1) is 14.4. The van der Waals surface area contributed by atoms with Crippen molar-refractivity contribution in [2.24, 2.45) is 0 Å². The molecule has 30 heavy (non-hydrogen) atoms. The third-order valence-corrected chi connectivity index (χ3v) is 6.31. The molecular formula is C22H21N3O4S. The van der Waals surface area contributed by atoms with Crippen LogP contribution in [-0.4, -0.2) is 33.8 Å². The minimum Gasteiger partial charge on any atom is -0.462 e. The standard InChI is InChI=1S/C22H21N3O4S/c1-4-29-22(28)17-10-25-12(2)11-30-21-15(5-6-16(19(21)25)20(17)27)14-7-8-23-18(9-14)24-13(3)26/h5-10,12H,4,11H2,1-3H3,(H,23,24,26)/t12-/m0/s1. The van der Waals surface area contributed by atoms with Crippen molar-refractivity contribution in [1.29, 1.82) is 0 Å². The van der Waals surface area contributed by atoms with E-state index in [1.54, 1.807) is 37.1 Å². The molecule has 3 aromatic rings. The molecule has 0 saturated carbocycles. The van der Waals surface area contributed by atoms with Crippen molar-refractivity contribution in [3.05, 3.63) is 52.4 Å². The Balaban J connectivity index is 1.95. The number of esters is 1. The molecule has 1 N–H and O–H groups in total. The Morgan fingerprint density at radius 2 is 2.13 bits per heavy atom. The van der Waals surface area contributed by atoms with Crippen LogP contribution in [0.3, 0.4) is 0 Å². The van der Waals surface area contributed by atoms with Crippen LogP contribution in [0.4, 0.5) is 5.82 Å². The number of carbonyl (C=O) groups excluding carboxylic acids is 2. The highest BCUT2D eigenvalue weighted by atomic mass is 32.2. The normalized spacial score (nSPS) is 15.1. The van der Waals surface area contributed by atoms with Gasteiger partial charge in [0.1, 0.15) is 11.4 Å². The first-order valence-electron chi connectivity index (χ1n) is 9.66. The summed E-state index contributed by atoms with van der Waals surface area (Å²) in [5.41, 5.74) is 2.38. The number of amides is 1. The van der Waals surface area contributed by atoms with E-state index in [4.69, 9.17) is 4.74 Å². The van der Waals surface area contributed by atoms with Crippen molar-refractivity contribution >= 4 is 40.4 Å². The second kappa shape index (κ2) is 7.95. The van der Waals surface area contributed by atoms with Crippen LogP contribution in [0.25, 0.3) is 22.0 Å². The smallest absolute Gasteiger partial charge is 0.343 e. The van der Waals surface area contributed by atoms with Gasteiger partial charge in [-0.05, 0) is 43.2 Å². The number of anilines is 1. The van der Waals surface area contributed by atoms with E-state index in [2.05, 4.69) is 17.2 Å². The Labute approximate surface area is 177 Å². The van der Waals surface area contributed by atoms with Gasteiger partial charge in [0.2, 0.25) is 11.3 Å². The molecule has 1 amide bonds. The Hall–Kier alpha value is -3.13. The van der Waals surface area contributed by atoms with Gasteiger partial charge in [0, 0.05) is 41.4 Å². The van der Waals surface area contributed by atoms with E-state index in [0.29, 0.717) is 11.2 Å². The Morgan fingerprint density at radius 1 is 1.33 bits per heavy atom. The van der Waals surface area contributed by atoms with Gasteiger partial charge in [-0.1, -0.05) is 6.07 Å². The average Bonchev–Trinajstić information content (AvgIpc) is 2.71. The molecule has 0 aliphatic carbocycles. The zero-order chi connectivity index (χ0) is 21.4. The van der Waals surface area contributed by atoms with Gasteiger partial charge in [-0.15, -0.1) is 11.8 Å². The van der Waals surface area contributed by atoms with Crippen LogP contribution in [0.5, 0.6) is 0 Å². The van der Waals surface area contributed by atoms with Crippen LogP contribution >= 0.6 is 11.8 Å². The second-order valence-electron chi connectivity index (χ2n) is 7.11. The van der Waals surface area contributed by atoms with E-state index >= 15 is 0 Å². The van der Waals surface area contributed by atoms with E-state index in [9.17, 15) is 14.4 Å². The monoisotopic (exact) mass is 423 g/mol. The van der Waals surface area contributed by atoms with Crippen LogP contribution in [0.15, 0.2) is 46.3 Å². The largest absolute Gasteiger partial charge is 0.462 e. The number of ether oxygens (including phenoxy) is 1. The fourth-order valence-corrected chi connectivity index (χ4v) is 4.89. The molecule has 0 radical (unpaired) electrons. The molecule has 0 fully saturated rings. The van der Waals surface area contributed by atoms with Crippen molar-refractivity contribution in [3.8, 4) is 11.1 Å². The summed E-state index contributed by atoms with van der Waals surface area (Å²) in [6.45, 7) is 5.42. The van der Waals surface area contributed by atoms with E-state index in [0.717, 1.165) is 27.3 Å². The molecule has 4 rings (SSSR count). The third-order valence-electron chi connectivity index (χ3n) is 4.96. The highest BCUT2D eigenvalue weighted by Crippen LogP contribution is 2.42. The highest BCUT2D eigenvalue weighted by Gasteiger charge is 2.26. The number of benzene rings is 1. The number of thioether (sulfide) groups is 1. The molecular weight excluding hydrogens is 402 g/mol. The molecule has 1 aromatic carbocycles. The van der Waals surface area contributed by atoms with Crippen LogP contribution in [-0.2, 0) is 9.53 Å². The van der Waals surface area contributed by atoms with Gasteiger partial charge in [0.05, 0.1) is 12.1 Å². The fraction of sp³-hybridized carbons (Fsp3) is 0.273. The SMILES string of the molecule is CCOC(=O)c1cn2c3c(c(-c4ccnc(NC(C)=O)c4)ccc3c1=O)SC[C@@H]2C. The van der Waals surface area contributed by atoms with Crippen LogP contribution in [0.2, 0.25) is 0 Å². The molecule has 7 nitrogen and oxygen atoms in total. The summed E-state index contributed by atoms with van der Waals surface area (Å²) in [4.78, 5) is 41.9. The number of pyridine rings is 2. The molecule has 1 aliphatic rings. The first kappa shape index (κ1) is 20.2. The molecule has 154 valence electrons. The number of nitrogens with one attached hydrogen (secondary N) is 1. The lowest BCUT2D eigenvalue weighted by Crippen LogP contribution is -2.24. The fourth-order valence-electron chi connectivity index (χ4n) is 3.62. The maximum atomic E-state index is 13.0. The summed E-state index contributed by atoms with van der Waals surface area (Å²) in [6.07, 6.45) is 3.26. The van der Waals surface area contributed by atoms with Crippen molar-refractivity contribution in [1.82, 2.24) is 9.55 Å². The van der Waals surface area contributed by atoms with Gasteiger partial charge in [0.25, 0.3) is 0 Å². The maximum absolute atomic E-state index is 13.0. The lowest BCUT2D eigenvalue weighted by Gasteiger charge is -2.27. The lowest BCUT2D eigenvalue weighted by atomic mass is 10.0. The zero-order valence-corrected chi connectivity index (χ0v) is 17.7. The Morgan fingerprint density at radius 3 is 2.87 bits per heavy atom. The number of carbonyl (C=O) groups is 2. The molecule has 1 atom stereocenters. The molecule has 8 heteroatoms. The first-order valence-corrected chi connectivity index (χ1v) is 10.6. The number of aromatic nitrogens is 2. The Bertz CT molecular complexity index is 1240. The summed E-state index contributed by atoms with van der Waals surface area (Å²) in [6, 6.07) is 7.44. The van der Waals surface area contributed by atoms with Crippen molar-refractivity contribution in [3.63, 3.8) is 0 Å². The van der Waals surface area contributed by atoms with E-state index in [-0.39, 0.29) is 29.5 Å². The van der Waals surface area contributed by atoms with Crippen LogP contribution < -0.4 is 10.7 Å². The number of nitrogens with zero attached hydrogens (tertiary/aromatic N) is 2. The van der Waals surface area contributed by atoms with E-state index < -0.39 is 5.97 Å². The number of hydrogen-bond acceptors (Lipinski definition) is 6. The summed E-state index contributed by atoms with van der Waals surface area (Å²) < 4.78 is 7.07. The lowest BCUT2D eigenvalue weighted by molar-refractivity contribution is -0.114. The van der Waals surface area contributed by atoms with Gasteiger partial charge in [-0.3, -0.25) is 9.59 Å². The quantitative estimate of drug-likeness (QED) is 0.641. The summed E-state index contributed by atoms with van der Waals surface area (Å²) in [5.74, 6) is 0.478. The maximum Gasteiger partial charge on any atom is 0.343 e. The minimum atomic E-state index is -0.599. The summed E-state index contributed by atoms with van der Waals surface area (Å²) in [7, 11) is 0. The topological polar surface area (TPSA) is 90.3 Å². The molecule has 2 aromatic heterocycles. The molecule has 0 unspecified atom stereocenters. The van der Waals surface area contributed by atoms with Gasteiger partial charge in [0.15, 0.2) is 0 Å². The molecule has 0 spiro atoms. The van der Waals surface area contributed by atoms with Gasteiger partial charge >= 0.3 is 5.97 Å². The second-order valence-corrected chi connectivity index (χ2v) is 8.14. The van der Waals surface area contributed by atoms with Crippen LogP contribution in [0.1, 0.15) is 37.2 Å². The summed E-state index contributed by atoms with van der Waals surface area (Å²) in [5, 5.41) is 3.19. The summed E-state index contributed by atoms with van der Waals surface area (Å²) >= 11 is 1.68. The van der Waals surface area contributed by atoms with Crippen molar-refractivity contribution in [2.75, 3.05) is 17.7 Å². The molecule has 3 heterocycles.